The molecule has 1 aliphatic rings. The van der Waals surface area contributed by atoms with Crippen LogP contribution in [0.2, 0.25) is 0 Å². The van der Waals surface area contributed by atoms with Crippen LogP contribution in [0.5, 0.6) is 0 Å². The largest absolute Gasteiger partial charge is 0.366 e. The first-order chi connectivity index (χ1) is 16.0. The fourth-order valence-electron chi connectivity index (χ4n) is 3.97. The minimum atomic E-state index is -2.44. The van der Waals surface area contributed by atoms with Gasteiger partial charge < -0.3 is 10.6 Å². The van der Waals surface area contributed by atoms with Gasteiger partial charge in [0.15, 0.2) is 0 Å². The quantitative estimate of drug-likeness (QED) is 0.524. The summed E-state index contributed by atoms with van der Waals surface area (Å²) in [4.78, 5) is 22.6. The number of nitrogens with one attached hydrogen (secondary N) is 1. The first-order valence-corrected chi connectivity index (χ1v) is 12.7. The highest BCUT2D eigenvalue weighted by molar-refractivity contribution is 7.99. The number of hydrogen-bond acceptors (Lipinski definition) is 5. The molecule has 7 nitrogen and oxygen atoms in total. The standard InChI is InChI=1S/C25H29N5O2S/c1-2-33(32,23-10-8-21(9-11-23)20-6-4-3-5-7-20)29-16-19-12-14-30(15-13-19)25-27-17-22(18-28-25)24(26)31/h2-11,17-19H,12-16H2,1H3,(H2,26,31)(H,29,32). The molecule has 0 bridgehead atoms. The minimum Gasteiger partial charge on any atom is -0.366 e. The molecule has 1 aliphatic heterocycles. The van der Waals surface area contributed by atoms with Crippen molar-refractivity contribution in [3.05, 3.63) is 72.6 Å². The highest BCUT2D eigenvalue weighted by atomic mass is 32.2. The number of amides is 1. The van der Waals surface area contributed by atoms with Gasteiger partial charge in [-0.1, -0.05) is 42.5 Å². The van der Waals surface area contributed by atoms with Gasteiger partial charge in [-0.2, -0.15) is 0 Å². The highest BCUT2D eigenvalue weighted by Gasteiger charge is 2.22. The van der Waals surface area contributed by atoms with Crippen LogP contribution in [0.4, 0.5) is 5.95 Å². The molecule has 0 spiro atoms. The van der Waals surface area contributed by atoms with Crippen molar-refractivity contribution in [2.45, 2.75) is 24.7 Å². The molecule has 0 aliphatic carbocycles. The summed E-state index contributed by atoms with van der Waals surface area (Å²) in [5.41, 5.74) is 7.81. The summed E-state index contributed by atoms with van der Waals surface area (Å²) >= 11 is 0. The van der Waals surface area contributed by atoms with E-state index in [1.54, 1.807) is 5.37 Å². The Bertz CT molecular complexity index is 1200. The zero-order valence-electron chi connectivity index (χ0n) is 18.7. The number of benzene rings is 2. The van der Waals surface area contributed by atoms with E-state index >= 15 is 0 Å². The number of primary amides is 1. The highest BCUT2D eigenvalue weighted by Crippen LogP contribution is 2.23. The molecule has 1 fully saturated rings. The van der Waals surface area contributed by atoms with E-state index in [9.17, 15) is 9.00 Å². The van der Waals surface area contributed by atoms with Crippen LogP contribution in [0.25, 0.3) is 11.1 Å². The predicted molar refractivity (Wildman–Crippen MR) is 134 cm³/mol. The van der Waals surface area contributed by atoms with Gasteiger partial charge in [0.05, 0.1) is 15.3 Å². The van der Waals surface area contributed by atoms with Crippen molar-refractivity contribution >= 4 is 26.9 Å². The Morgan fingerprint density at radius 2 is 1.67 bits per heavy atom. The third kappa shape index (κ3) is 5.40. The second kappa shape index (κ2) is 10.1. The van der Waals surface area contributed by atoms with Gasteiger partial charge in [-0.05, 0) is 54.3 Å². The van der Waals surface area contributed by atoms with E-state index in [1.165, 1.54) is 12.4 Å². The molecule has 172 valence electrons. The summed E-state index contributed by atoms with van der Waals surface area (Å²) in [6.07, 6.45) is 4.82. The SMILES string of the molecule is CC=S(=O)(NCC1CCN(c2ncc(C(N)=O)cn2)CC1)c1ccc(-c2ccccc2)cc1. The number of anilines is 1. The van der Waals surface area contributed by atoms with Crippen molar-refractivity contribution in [2.24, 2.45) is 11.7 Å². The first-order valence-electron chi connectivity index (χ1n) is 11.1. The predicted octanol–water partition coefficient (Wildman–Crippen LogP) is 3.13. The van der Waals surface area contributed by atoms with Crippen molar-refractivity contribution in [1.82, 2.24) is 14.7 Å². The monoisotopic (exact) mass is 463 g/mol. The van der Waals surface area contributed by atoms with Crippen molar-refractivity contribution in [1.29, 1.82) is 0 Å². The Balaban J connectivity index is 1.34. The van der Waals surface area contributed by atoms with Crippen LogP contribution in [0.1, 0.15) is 30.1 Å². The van der Waals surface area contributed by atoms with E-state index < -0.39 is 15.6 Å². The molecule has 1 unspecified atom stereocenters. The van der Waals surface area contributed by atoms with E-state index in [1.807, 2.05) is 49.4 Å². The summed E-state index contributed by atoms with van der Waals surface area (Å²) in [5.74, 6) is 0.489. The maximum Gasteiger partial charge on any atom is 0.251 e. The molecule has 0 radical (unpaired) electrons. The normalized spacial score (nSPS) is 16.2. The lowest BCUT2D eigenvalue weighted by Crippen LogP contribution is -2.39. The number of carbonyl (C=O) groups excluding carboxylic acids is 1. The maximum atomic E-state index is 13.6. The Hall–Kier alpha value is -3.23. The lowest BCUT2D eigenvalue weighted by molar-refractivity contribution is 0.0999. The van der Waals surface area contributed by atoms with Crippen molar-refractivity contribution in [3.63, 3.8) is 0 Å². The molecule has 1 amide bonds. The van der Waals surface area contributed by atoms with E-state index in [4.69, 9.17) is 5.73 Å². The summed E-state index contributed by atoms with van der Waals surface area (Å²) in [5, 5.41) is 1.77. The summed E-state index contributed by atoms with van der Waals surface area (Å²) in [6, 6.07) is 18.1. The molecule has 33 heavy (non-hydrogen) atoms. The second-order valence-corrected chi connectivity index (χ2v) is 10.6. The van der Waals surface area contributed by atoms with Gasteiger partial charge >= 0.3 is 0 Å². The maximum absolute atomic E-state index is 13.6. The number of nitrogens with zero attached hydrogens (tertiary/aromatic N) is 3. The summed E-state index contributed by atoms with van der Waals surface area (Å²) in [7, 11) is -2.44. The van der Waals surface area contributed by atoms with E-state index in [-0.39, 0.29) is 0 Å². The molecule has 1 saturated heterocycles. The Kier molecular flexibility index (Phi) is 7.05. The Morgan fingerprint density at radius 3 is 2.24 bits per heavy atom. The molecule has 2 heterocycles. The molecule has 0 saturated carbocycles. The molecule has 1 aromatic heterocycles. The summed E-state index contributed by atoms with van der Waals surface area (Å²) < 4.78 is 16.9. The van der Waals surface area contributed by atoms with Gasteiger partial charge in [0.25, 0.3) is 5.91 Å². The second-order valence-electron chi connectivity index (χ2n) is 8.14. The lowest BCUT2D eigenvalue weighted by atomic mass is 9.97. The van der Waals surface area contributed by atoms with Crippen LogP contribution >= 0.6 is 0 Å². The third-order valence-electron chi connectivity index (χ3n) is 6.05. The van der Waals surface area contributed by atoms with Crippen molar-refractivity contribution in [3.8, 4) is 11.1 Å². The van der Waals surface area contributed by atoms with Crippen molar-refractivity contribution < 1.29 is 9.00 Å². The number of nitrogens with two attached hydrogens (primary N) is 1. The smallest absolute Gasteiger partial charge is 0.251 e. The Morgan fingerprint density at radius 1 is 1.06 bits per heavy atom. The van der Waals surface area contributed by atoms with Crippen LogP contribution in [-0.4, -0.2) is 45.1 Å². The molecule has 1 atom stereocenters. The van der Waals surface area contributed by atoms with Crippen LogP contribution in [0, 0.1) is 5.92 Å². The van der Waals surface area contributed by atoms with Crippen LogP contribution in [0.3, 0.4) is 0 Å². The zero-order valence-corrected chi connectivity index (χ0v) is 19.5. The van der Waals surface area contributed by atoms with Crippen LogP contribution in [0.15, 0.2) is 71.9 Å². The topological polar surface area (TPSA) is 101 Å². The molecule has 3 aromatic rings. The number of piperidine rings is 1. The zero-order chi connectivity index (χ0) is 23.3. The van der Waals surface area contributed by atoms with Gasteiger partial charge in [0, 0.05) is 36.9 Å². The van der Waals surface area contributed by atoms with Crippen molar-refractivity contribution in [2.75, 3.05) is 24.5 Å². The van der Waals surface area contributed by atoms with Gasteiger partial charge in [0.1, 0.15) is 0 Å². The lowest BCUT2D eigenvalue weighted by Gasteiger charge is -2.32. The Labute approximate surface area is 195 Å². The fraction of sp³-hybridized carbons (Fsp3) is 0.280. The third-order valence-corrected chi connectivity index (χ3v) is 8.28. The average molecular weight is 464 g/mol. The van der Waals surface area contributed by atoms with Gasteiger partial charge in [-0.15, -0.1) is 0 Å². The first kappa shape index (κ1) is 22.9. The molecular weight excluding hydrogens is 434 g/mol. The number of rotatable bonds is 7. The van der Waals surface area contributed by atoms with E-state index in [0.717, 1.165) is 42.0 Å². The fourth-order valence-corrected chi connectivity index (χ4v) is 5.60. The van der Waals surface area contributed by atoms with E-state index in [0.29, 0.717) is 24.0 Å². The van der Waals surface area contributed by atoms with Gasteiger partial charge in [-0.25, -0.2) is 18.9 Å². The average Bonchev–Trinajstić information content (AvgIpc) is 2.88. The van der Waals surface area contributed by atoms with Gasteiger partial charge in [0.2, 0.25) is 5.95 Å². The number of aromatic nitrogens is 2. The molecule has 8 heteroatoms. The van der Waals surface area contributed by atoms with Crippen LogP contribution in [-0.2, 0) is 9.71 Å². The summed E-state index contributed by atoms with van der Waals surface area (Å²) in [6.45, 7) is 4.14. The van der Waals surface area contributed by atoms with Gasteiger partial charge in [-0.3, -0.25) is 4.79 Å². The minimum absolute atomic E-state index is 0.306. The number of carbonyl (C=O) groups is 1. The van der Waals surface area contributed by atoms with E-state index in [2.05, 4.69) is 31.7 Å². The molecular formula is C25H29N5O2S. The molecule has 4 rings (SSSR count). The van der Waals surface area contributed by atoms with Crippen LogP contribution < -0.4 is 15.4 Å². The molecule has 2 aromatic carbocycles. The number of hydrogen-bond donors (Lipinski definition) is 2. The molecule has 3 N–H and O–H groups in total.